The van der Waals surface area contributed by atoms with Crippen LogP contribution in [0.2, 0.25) is 0 Å². The SMILES string of the molecule is COc1ccccc1CC(C)N(C)CC1(N)CCOCC1. The second-order valence-electron chi connectivity index (χ2n) is 6.25. The summed E-state index contributed by atoms with van der Waals surface area (Å²) in [5, 5.41) is 0. The summed E-state index contributed by atoms with van der Waals surface area (Å²) in [7, 11) is 3.88. The molecule has 0 bridgehead atoms. The lowest BCUT2D eigenvalue weighted by molar-refractivity contribution is 0.0364. The second kappa shape index (κ2) is 7.25. The summed E-state index contributed by atoms with van der Waals surface area (Å²) >= 11 is 0. The van der Waals surface area contributed by atoms with E-state index in [0.29, 0.717) is 6.04 Å². The molecular formula is C17H28N2O2. The van der Waals surface area contributed by atoms with Gasteiger partial charge in [-0.15, -0.1) is 0 Å². The van der Waals surface area contributed by atoms with Crippen LogP contribution in [0.25, 0.3) is 0 Å². The van der Waals surface area contributed by atoms with Crippen molar-refractivity contribution in [3.8, 4) is 5.75 Å². The summed E-state index contributed by atoms with van der Waals surface area (Å²) < 4.78 is 10.9. The first-order valence-corrected chi connectivity index (χ1v) is 7.73. The molecule has 1 unspecified atom stereocenters. The second-order valence-corrected chi connectivity index (χ2v) is 6.25. The lowest BCUT2D eigenvalue weighted by Gasteiger charge is -2.38. The van der Waals surface area contributed by atoms with Crippen molar-refractivity contribution in [1.29, 1.82) is 0 Å². The Morgan fingerprint density at radius 2 is 2.00 bits per heavy atom. The maximum Gasteiger partial charge on any atom is 0.122 e. The molecule has 1 aliphatic heterocycles. The smallest absolute Gasteiger partial charge is 0.122 e. The van der Waals surface area contributed by atoms with Gasteiger partial charge < -0.3 is 20.1 Å². The molecular weight excluding hydrogens is 264 g/mol. The van der Waals surface area contributed by atoms with Gasteiger partial charge in [-0.25, -0.2) is 0 Å². The van der Waals surface area contributed by atoms with E-state index in [1.54, 1.807) is 7.11 Å². The zero-order valence-electron chi connectivity index (χ0n) is 13.5. The zero-order valence-corrected chi connectivity index (χ0v) is 13.5. The molecule has 4 heteroatoms. The first-order valence-electron chi connectivity index (χ1n) is 7.73. The molecule has 0 amide bonds. The standard InChI is InChI=1S/C17H28N2O2/c1-14(12-15-6-4-5-7-16(15)20-3)19(2)13-17(18)8-10-21-11-9-17/h4-7,14H,8-13,18H2,1-3H3. The molecule has 0 radical (unpaired) electrons. The van der Waals surface area contributed by atoms with Gasteiger partial charge in [-0.2, -0.15) is 0 Å². The average Bonchev–Trinajstić information content (AvgIpc) is 2.48. The highest BCUT2D eigenvalue weighted by Gasteiger charge is 2.30. The molecule has 1 saturated heterocycles. The van der Waals surface area contributed by atoms with E-state index < -0.39 is 0 Å². The highest BCUT2D eigenvalue weighted by atomic mass is 16.5. The Hall–Kier alpha value is -1.10. The molecule has 0 aromatic heterocycles. The van der Waals surface area contributed by atoms with Gasteiger partial charge in [0.1, 0.15) is 5.75 Å². The van der Waals surface area contributed by atoms with Crippen LogP contribution in [-0.4, -0.2) is 50.4 Å². The molecule has 2 rings (SSSR count). The minimum Gasteiger partial charge on any atom is -0.496 e. The van der Waals surface area contributed by atoms with E-state index in [2.05, 4.69) is 31.0 Å². The molecule has 21 heavy (non-hydrogen) atoms. The van der Waals surface area contributed by atoms with Gasteiger partial charge in [0.05, 0.1) is 7.11 Å². The fourth-order valence-electron chi connectivity index (χ4n) is 2.93. The molecule has 1 atom stereocenters. The average molecular weight is 292 g/mol. The van der Waals surface area contributed by atoms with Gasteiger partial charge in [-0.05, 0) is 44.9 Å². The third-order valence-electron chi connectivity index (χ3n) is 4.51. The van der Waals surface area contributed by atoms with Crippen LogP contribution in [0.4, 0.5) is 0 Å². The lowest BCUT2D eigenvalue weighted by atomic mass is 9.90. The first kappa shape index (κ1) is 16.3. The van der Waals surface area contributed by atoms with Crippen molar-refractivity contribution >= 4 is 0 Å². The van der Waals surface area contributed by atoms with Crippen molar-refractivity contribution in [2.75, 3.05) is 33.9 Å². The molecule has 0 aliphatic carbocycles. The van der Waals surface area contributed by atoms with Crippen molar-refractivity contribution in [2.24, 2.45) is 5.73 Å². The Morgan fingerprint density at radius 3 is 2.67 bits per heavy atom. The van der Waals surface area contributed by atoms with Crippen molar-refractivity contribution in [3.05, 3.63) is 29.8 Å². The molecule has 1 aliphatic rings. The third-order valence-corrected chi connectivity index (χ3v) is 4.51. The van der Waals surface area contributed by atoms with Gasteiger partial charge in [0.2, 0.25) is 0 Å². The van der Waals surface area contributed by atoms with Crippen LogP contribution in [0.5, 0.6) is 5.75 Å². The number of hydrogen-bond donors (Lipinski definition) is 1. The quantitative estimate of drug-likeness (QED) is 0.872. The van der Waals surface area contributed by atoms with Crippen molar-refractivity contribution in [2.45, 2.75) is 37.8 Å². The summed E-state index contributed by atoms with van der Waals surface area (Å²) in [5.74, 6) is 0.964. The maximum absolute atomic E-state index is 6.50. The summed E-state index contributed by atoms with van der Waals surface area (Å²) in [4.78, 5) is 2.36. The number of ether oxygens (including phenoxy) is 2. The predicted molar refractivity (Wildman–Crippen MR) is 85.8 cm³/mol. The lowest BCUT2D eigenvalue weighted by Crippen LogP contribution is -2.54. The third kappa shape index (κ3) is 4.43. The first-order chi connectivity index (χ1) is 10.0. The van der Waals surface area contributed by atoms with E-state index in [4.69, 9.17) is 15.2 Å². The summed E-state index contributed by atoms with van der Waals surface area (Å²) in [6.07, 6.45) is 2.85. The van der Waals surface area contributed by atoms with Crippen molar-refractivity contribution in [3.63, 3.8) is 0 Å². The molecule has 1 aromatic rings. The molecule has 0 saturated carbocycles. The largest absolute Gasteiger partial charge is 0.496 e. The molecule has 2 N–H and O–H groups in total. The topological polar surface area (TPSA) is 47.7 Å². The number of nitrogens with two attached hydrogens (primary N) is 1. The number of hydrogen-bond acceptors (Lipinski definition) is 4. The fourth-order valence-corrected chi connectivity index (χ4v) is 2.93. The van der Waals surface area contributed by atoms with Crippen LogP contribution in [0.1, 0.15) is 25.3 Å². The number of nitrogens with zero attached hydrogens (tertiary/aromatic N) is 1. The van der Waals surface area contributed by atoms with E-state index >= 15 is 0 Å². The van der Waals surface area contributed by atoms with Crippen LogP contribution in [0.3, 0.4) is 0 Å². The van der Waals surface area contributed by atoms with Crippen LogP contribution in [0, 0.1) is 0 Å². The van der Waals surface area contributed by atoms with Crippen LogP contribution in [0.15, 0.2) is 24.3 Å². The minimum atomic E-state index is -0.109. The van der Waals surface area contributed by atoms with Gasteiger partial charge in [-0.3, -0.25) is 0 Å². The number of benzene rings is 1. The molecule has 1 fully saturated rings. The van der Waals surface area contributed by atoms with E-state index in [0.717, 1.165) is 44.8 Å². The van der Waals surface area contributed by atoms with E-state index in [1.807, 2.05) is 12.1 Å². The van der Waals surface area contributed by atoms with Crippen LogP contribution >= 0.6 is 0 Å². The van der Waals surface area contributed by atoms with Crippen molar-refractivity contribution < 1.29 is 9.47 Å². The van der Waals surface area contributed by atoms with E-state index in [1.165, 1.54) is 5.56 Å². The van der Waals surface area contributed by atoms with Gasteiger partial charge in [0.25, 0.3) is 0 Å². The van der Waals surface area contributed by atoms with Crippen molar-refractivity contribution in [1.82, 2.24) is 4.90 Å². The summed E-state index contributed by atoms with van der Waals surface area (Å²) in [5.41, 5.74) is 7.64. The maximum atomic E-state index is 6.50. The molecule has 118 valence electrons. The summed E-state index contributed by atoms with van der Waals surface area (Å²) in [6, 6.07) is 8.64. The van der Waals surface area contributed by atoms with E-state index in [9.17, 15) is 0 Å². The number of methoxy groups -OCH3 is 1. The highest BCUT2D eigenvalue weighted by Crippen LogP contribution is 2.23. The van der Waals surface area contributed by atoms with Gasteiger partial charge >= 0.3 is 0 Å². The fraction of sp³-hybridized carbons (Fsp3) is 0.647. The van der Waals surface area contributed by atoms with Gasteiger partial charge in [0, 0.05) is 31.3 Å². The Bertz CT molecular complexity index is 444. The normalized spacial score (nSPS) is 19.5. The monoisotopic (exact) mass is 292 g/mol. The van der Waals surface area contributed by atoms with Crippen LogP contribution < -0.4 is 10.5 Å². The molecule has 1 heterocycles. The summed E-state index contributed by atoms with van der Waals surface area (Å²) in [6.45, 7) is 4.72. The Kier molecular flexibility index (Phi) is 5.62. The highest BCUT2D eigenvalue weighted by molar-refractivity contribution is 5.33. The van der Waals surface area contributed by atoms with Gasteiger partial charge in [-0.1, -0.05) is 18.2 Å². The van der Waals surface area contributed by atoms with Gasteiger partial charge in [0.15, 0.2) is 0 Å². The number of para-hydroxylation sites is 1. The number of rotatable bonds is 6. The molecule has 4 nitrogen and oxygen atoms in total. The Labute approximate surface area is 128 Å². The Balaban J connectivity index is 1.94. The zero-order chi connectivity index (χ0) is 15.3. The molecule has 0 spiro atoms. The minimum absolute atomic E-state index is 0.109. The molecule has 1 aromatic carbocycles. The number of likely N-dealkylation sites (N-methyl/N-ethyl adjacent to an activating group) is 1. The van der Waals surface area contributed by atoms with E-state index in [-0.39, 0.29) is 5.54 Å². The predicted octanol–water partition coefficient (Wildman–Crippen LogP) is 2.07. The van der Waals surface area contributed by atoms with Crippen LogP contribution in [-0.2, 0) is 11.2 Å². The Morgan fingerprint density at radius 1 is 1.33 bits per heavy atom.